The van der Waals surface area contributed by atoms with Crippen LogP contribution in [0.2, 0.25) is 0 Å². The van der Waals surface area contributed by atoms with E-state index in [9.17, 15) is 9.59 Å². The molecule has 0 fully saturated rings. The van der Waals surface area contributed by atoms with Crippen LogP contribution >= 0.6 is 0 Å². The third kappa shape index (κ3) is 4.73. The highest BCUT2D eigenvalue weighted by molar-refractivity contribution is 6.01. The highest BCUT2D eigenvalue weighted by atomic mass is 16.5. The van der Waals surface area contributed by atoms with Crippen molar-refractivity contribution in [3.05, 3.63) is 42.5 Å². The molecule has 0 atom stereocenters. The van der Waals surface area contributed by atoms with E-state index in [0.717, 1.165) is 11.5 Å². The van der Waals surface area contributed by atoms with E-state index in [0.29, 0.717) is 36.6 Å². The first-order chi connectivity index (χ1) is 13.4. The molecule has 148 valence electrons. The molecule has 3 rings (SSSR count). The van der Waals surface area contributed by atoms with Crippen LogP contribution in [0.25, 0.3) is 0 Å². The van der Waals surface area contributed by atoms with Gasteiger partial charge in [-0.3, -0.25) is 9.59 Å². The summed E-state index contributed by atoms with van der Waals surface area (Å²) in [5.41, 5.74) is 0.232. The standard InChI is InChI=1S/C21H24N2O5/c1-21(2)20(25)23-17-13-14(6-11-18(17)28-21)22-19(24)5-4-12-27-16-9-7-15(26-3)8-10-16/h6-11,13H,4-5,12H2,1-3H3,(H,22,24)(H,23,25). The van der Waals surface area contributed by atoms with Crippen LogP contribution in [0.15, 0.2) is 42.5 Å². The van der Waals surface area contributed by atoms with E-state index >= 15 is 0 Å². The summed E-state index contributed by atoms with van der Waals surface area (Å²) in [4.78, 5) is 24.1. The van der Waals surface area contributed by atoms with Crippen LogP contribution in [-0.2, 0) is 9.59 Å². The van der Waals surface area contributed by atoms with Crippen LogP contribution in [0, 0.1) is 0 Å². The lowest BCUT2D eigenvalue weighted by Gasteiger charge is -2.31. The Kier molecular flexibility index (Phi) is 5.73. The van der Waals surface area contributed by atoms with Gasteiger partial charge in [0, 0.05) is 12.1 Å². The second-order valence-corrected chi connectivity index (χ2v) is 6.95. The predicted molar refractivity (Wildman–Crippen MR) is 106 cm³/mol. The summed E-state index contributed by atoms with van der Waals surface area (Å²) in [7, 11) is 1.61. The minimum Gasteiger partial charge on any atom is -0.497 e. The molecular formula is C21H24N2O5. The van der Waals surface area contributed by atoms with E-state index in [2.05, 4.69) is 10.6 Å². The van der Waals surface area contributed by atoms with Crippen molar-refractivity contribution in [1.29, 1.82) is 0 Å². The lowest BCUT2D eigenvalue weighted by molar-refractivity contribution is -0.129. The molecule has 0 aromatic heterocycles. The molecule has 2 aromatic rings. The third-order valence-corrected chi connectivity index (χ3v) is 4.30. The third-order valence-electron chi connectivity index (χ3n) is 4.30. The first-order valence-corrected chi connectivity index (χ1v) is 9.08. The first-order valence-electron chi connectivity index (χ1n) is 9.08. The zero-order chi connectivity index (χ0) is 20.1. The summed E-state index contributed by atoms with van der Waals surface area (Å²) >= 11 is 0. The quantitative estimate of drug-likeness (QED) is 0.713. The van der Waals surface area contributed by atoms with E-state index in [-0.39, 0.29) is 11.8 Å². The van der Waals surface area contributed by atoms with Crippen LogP contribution < -0.4 is 24.8 Å². The van der Waals surface area contributed by atoms with Crippen molar-refractivity contribution in [2.24, 2.45) is 0 Å². The summed E-state index contributed by atoms with van der Waals surface area (Å²) < 4.78 is 16.4. The zero-order valence-corrected chi connectivity index (χ0v) is 16.2. The largest absolute Gasteiger partial charge is 0.497 e. The second kappa shape index (κ2) is 8.21. The molecule has 2 N–H and O–H groups in total. The summed E-state index contributed by atoms with van der Waals surface area (Å²) in [6, 6.07) is 12.5. The van der Waals surface area contributed by atoms with Crippen molar-refractivity contribution in [2.45, 2.75) is 32.3 Å². The summed E-state index contributed by atoms with van der Waals surface area (Å²) in [6.45, 7) is 3.84. The Balaban J connectivity index is 1.46. The van der Waals surface area contributed by atoms with Crippen molar-refractivity contribution in [2.75, 3.05) is 24.4 Å². The lowest BCUT2D eigenvalue weighted by atomic mass is 10.1. The molecule has 0 saturated heterocycles. The number of benzene rings is 2. The van der Waals surface area contributed by atoms with Gasteiger partial charge in [-0.15, -0.1) is 0 Å². The maximum absolute atomic E-state index is 12.1. The van der Waals surface area contributed by atoms with Crippen molar-refractivity contribution in [3.8, 4) is 17.2 Å². The van der Waals surface area contributed by atoms with Gasteiger partial charge in [0.15, 0.2) is 5.60 Å². The zero-order valence-electron chi connectivity index (χ0n) is 16.2. The van der Waals surface area contributed by atoms with Crippen LogP contribution in [0.1, 0.15) is 26.7 Å². The van der Waals surface area contributed by atoms with Crippen molar-refractivity contribution >= 4 is 23.2 Å². The van der Waals surface area contributed by atoms with E-state index in [1.807, 2.05) is 24.3 Å². The molecule has 28 heavy (non-hydrogen) atoms. The van der Waals surface area contributed by atoms with Gasteiger partial charge in [-0.2, -0.15) is 0 Å². The topological polar surface area (TPSA) is 85.9 Å². The van der Waals surface area contributed by atoms with Crippen molar-refractivity contribution < 1.29 is 23.8 Å². The van der Waals surface area contributed by atoms with Gasteiger partial charge in [-0.05, 0) is 62.7 Å². The SMILES string of the molecule is COc1ccc(OCCCC(=O)Nc2ccc3c(c2)NC(=O)C(C)(C)O3)cc1. The van der Waals surface area contributed by atoms with Gasteiger partial charge in [0.1, 0.15) is 17.2 Å². The highest BCUT2D eigenvalue weighted by Crippen LogP contribution is 2.35. The molecule has 2 amide bonds. The maximum Gasteiger partial charge on any atom is 0.268 e. The number of anilines is 2. The molecule has 0 bridgehead atoms. The Labute approximate surface area is 164 Å². The molecule has 7 heteroatoms. The minimum absolute atomic E-state index is 0.123. The Morgan fingerprint density at radius 3 is 2.57 bits per heavy atom. The summed E-state index contributed by atoms with van der Waals surface area (Å²) in [5, 5.41) is 5.62. The Morgan fingerprint density at radius 1 is 1.14 bits per heavy atom. The number of rotatable bonds is 7. The van der Waals surface area contributed by atoms with Gasteiger partial charge in [-0.25, -0.2) is 0 Å². The molecular weight excluding hydrogens is 360 g/mol. The molecule has 1 aliphatic heterocycles. The smallest absolute Gasteiger partial charge is 0.268 e. The van der Waals surface area contributed by atoms with Gasteiger partial charge < -0.3 is 24.8 Å². The van der Waals surface area contributed by atoms with Gasteiger partial charge in [0.25, 0.3) is 5.91 Å². The monoisotopic (exact) mass is 384 g/mol. The number of methoxy groups -OCH3 is 1. The number of nitrogens with one attached hydrogen (secondary N) is 2. The highest BCUT2D eigenvalue weighted by Gasteiger charge is 2.35. The normalized spacial score (nSPS) is 14.3. The Bertz CT molecular complexity index is 862. The lowest BCUT2D eigenvalue weighted by Crippen LogP contribution is -2.45. The van der Waals surface area contributed by atoms with Gasteiger partial charge in [-0.1, -0.05) is 0 Å². The number of ether oxygens (including phenoxy) is 3. The van der Waals surface area contributed by atoms with E-state index in [4.69, 9.17) is 14.2 Å². The molecule has 2 aromatic carbocycles. The fourth-order valence-electron chi connectivity index (χ4n) is 2.71. The van der Waals surface area contributed by atoms with Crippen LogP contribution in [0.3, 0.4) is 0 Å². The fourth-order valence-corrected chi connectivity index (χ4v) is 2.71. The Morgan fingerprint density at radius 2 is 1.86 bits per heavy atom. The molecule has 1 aliphatic rings. The van der Waals surface area contributed by atoms with E-state index < -0.39 is 5.60 Å². The number of carbonyl (C=O) groups excluding carboxylic acids is 2. The molecule has 0 unspecified atom stereocenters. The van der Waals surface area contributed by atoms with Crippen molar-refractivity contribution in [1.82, 2.24) is 0 Å². The summed E-state index contributed by atoms with van der Waals surface area (Å²) in [5.74, 6) is 1.73. The van der Waals surface area contributed by atoms with Gasteiger partial charge >= 0.3 is 0 Å². The second-order valence-electron chi connectivity index (χ2n) is 6.95. The predicted octanol–water partition coefficient (Wildman–Crippen LogP) is 3.60. The number of fused-ring (bicyclic) bond motifs is 1. The first kappa shape index (κ1) is 19.5. The van der Waals surface area contributed by atoms with E-state index in [1.54, 1.807) is 39.2 Å². The summed E-state index contributed by atoms with van der Waals surface area (Å²) in [6.07, 6.45) is 0.903. The molecule has 7 nitrogen and oxygen atoms in total. The van der Waals surface area contributed by atoms with E-state index in [1.165, 1.54) is 0 Å². The number of hydrogen-bond acceptors (Lipinski definition) is 5. The Hall–Kier alpha value is -3.22. The number of hydrogen-bond donors (Lipinski definition) is 2. The van der Waals surface area contributed by atoms with Gasteiger partial charge in [0.2, 0.25) is 5.91 Å². The van der Waals surface area contributed by atoms with Crippen LogP contribution in [0.4, 0.5) is 11.4 Å². The molecule has 0 aliphatic carbocycles. The average Bonchev–Trinajstić information content (AvgIpc) is 2.67. The fraction of sp³-hybridized carbons (Fsp3) is 0.333. The van der Waals surface area contributed by atoms with Crippen LogP contribution in [-0.4, -0.2) is 31.1 Å². The van der Waals surface area contributed by atoms with Crippen molar-refractivity contribution in [3.63, 3.8) is 0 Å². The molecule has 1 heterocycles. The van der Waals surface area contributed by atoms with Crippen LogP contribution in [0.5, 0.6) is 17.2 Å². The average molecular weight is 384 g/mol. The number of amides is 2. The van der Waals surface area contributed by atoms with Gasteiger partial charge in [0.05, 0.1) is 19.4 Å². The molecule has 0 saturated carbocycles. The maximum atomic E-state index is 12.1. The number of carbonyl (C=O) groups is 2. The molecule has 0 radical (unpaired) electrons. The minimum atomic E-state index is -0.915. The molecule has 0 spiro atoms.